The van der Waals surface area contributed by atoms with Gasteiger partial charge in [-0.05, 0) is 43.7 Å². The van der Waals surface area contributed by atoms with E-state index in [1.807, 2.05) is 24.3 Å². The summed E-state index contributed by atoms with van der Waals surface area (Å²) in [5, 5.41) is 11.9. The van der Waals surface area contributed by atoms with Gasteiger partial charge < -0.3 is 15.9 Å². The number of para-hydroxylation sites is 1. The number of nitrogen functional groups attached to an aromatic ring is 1. The first-order valence-electron chi connectivity index (χ1n) is 8.84. The summed E-state index contributed by atoms with van der Waals surface area (Å²) in [7, 11) is 1.60. The largest absolute Gasteiger partial charge is 0.496 e. The van der Waals surface area contributed by atoms with E-state index in [2.05, 4.69) is 22.4 Å². The van der Waals surface area contributed by atoms with E-state index in [0.717, 1.165) is 24.3 Å². The topological polar surface area (TPSA) is 95.1 Å². The van der Waals surface area contributed by atoms with Gasteiger partial charge in [-0.1, -0.05) is 30.8 Å². The van der Waals surface area contributed by atoms with Crippen LogP contribution in [0.25, 0.3) is 11.4 Å². The van der Waals surface area contributed by atoms with Gasteiger partial charge >= 0.3 is 0 Å². The molecule has 3 N–H and O–H groups in total. The molecule has 3 rings (SSSR count). The lowest BCUT2D eigenvalue weighted by molar-refractivity contribution is -0.119. The summed E-state index contributed by atoms with van der Waals surface area (Å²) in [6.45, 7) is 2.27. The van der Waals surface area contributed by atoms with Gasteiger partial charge in [-0.3, -0.25) is 4.79 Å². The number of rotatable bonds is 6. The Labute approximate surface area is 157 Å². The van der Waals surface area contributed by atoms with Crippen LogP contribution in [-0.4, -0.2) is 39.7 Å². The fraction of sp³-hybridized carbons (Fsp3) is 0.500. The highest BCUT2D eigenvalue weighted by Crippen LogP contribution is 2.29. The van der Waals surface area contributed by atoms with Crippen molar-refractivity contribution in [2.24, 2.45) is 5.92 Å². The van der Waals surface area contributed by atoms with Crippen LogP contribution in [0.3, 0.4) is 0 Å². The highest BCUT2D eigenvalue weighted by atomic mass is 32.2. The summed E-state index contributed by atoms with van der Waals surface area (Å²) in [6, 6.07) is 7.77. The first-order valence-corrected chi connectivity index (χ1v) is 9.83. The summed E-state index contributed by atoms with van der Waals surface area (Å²) in [5.74, 6) is 8.36. The predicted octanol–water partition coefficient (Wildman–Crippen LogP) is 2.45. The van der Waals surface area contributed by atoms with Crippen LogP contribution >= 0.6 is 11.8 Å². The van der Waals surface area contributed by atoms with Gasteiger partial charge in [0.05, 0.1) is 18.4 Å². The van der Waals surface area contributed by atoms with E-state index in [1.165, 1.54) is 29.3 Å². The number of methoxy groups -OCH3 is 1. The zero-order chi connectivity index (χ0) is 18.5. The Bertz CT molecular complexity index is 756. The molecule has 1 heterocycles. The van der Waals surface area contributed by atoms with Crippen LogP contribution < -0.4 is 15.9 Å². The van der Waals surface area contributed by atoms with Crippen LogP contribution in [0.5, 0.6) is 5.75 Å². The lowest BCUT2D eigenvalue weighted by Gasteiger charge is -2.26. The maximum absolute atomic E-state index is 12.2. The van der Waals surface area contributed by atoms with Crippen molar-refractivity contribution in [2.45, 2.75) is 43.8 Å². The molecule has 1 fully saturated rings. The van der Waals surface area contributed by atoms with Crippen molar-refractivity contribution in [3.05, 3.63) is 24.3 Å². The minimum absolute atomic E-state index is 0.0106. The molecule has 0 saturated heterocycles. The summed E-state index contributed by atoms with van der Waals surface area (Å²) in [6.07, 6.45) is 4.47. The number of ether oxygens (including phenoxy) is 1. The summed E-state index contributed by atoms with van der Waals surface area (Å²) in [5.41, 5.74) is 0.762. The smallest absolute Gasteiger partial charge is 0.230 e. The van der Waals surface area contributed by atoms with Crippen LogP contribution in [-0.2, 0) is 4.79 Å². The molecule has 140 valence electrons. The zero-order valence-electron chi connectivity index (χ0n) is 15.1. The molecule has 2 aromatic rings. The van der Waals surface area contributed by atoms with Gasteiger partial charge in [0, 0.05) is 6.04 Å². The van der Waals surface area contributed by atoms with Gasteiger partial charge in [0.1, 0.15) is 5.75 Å². The molecule has 26 heavy (non-hydrogen) atoms. The van der Waals surface area contributed by atoms with Crippen molar-refractivity contribution in [1.29, 1.82) is 0 Å². The number of hydrogen-bond acceptors (Lipinski definition) is 6. The van der Waals surface area contributed by atoms with E-state index in [9.17, 15) is 4.79 Å². The zero-order valence-corrected chi connectivity index (χ0v) is 16.0. The van der Waals surface area contributed by atoms with Crippen molar-refractivity contribution < 1.29 is 9.53 Å². The number of nitrogens with two attached hydrogens (primary N) is 1. The molecule has 0 aliphatic heterocycles. The molecule has 0 bridgehead atoms. The quantitative estimate of drug-likeness (QED) is 0.595. The standard InChI is InChI=1S/C18H25N5O2S/c1-12-7-9-13(10-8-12)20-16(24)11-26-18-22-21-17(23(18)19)14-5-3-4-6-15(14)25-2/h3-6,12-13H,7-11,19H2,1-2H3,(H,20,24). The third-order valence-corrected chi connectivity index (χ3v) is 5.67. The highest BCUT2D eigenvalue weighted by molar-refractivity contribution is 7.99. The number of amides is 1. The van der Waals surface area contributed by atoms with E-state index in [4.69, 9.17) is 10.6 Å². The van der Waals surface area contributed by atoms with Crippen LogP contribution in [0.15, 0.2) is 29.4 Å². The lowest BCUT2D eigenvalue weighted by atomic mass is 9.87. The van der Waals surface area contributed by atoms with Crippen molar-refractivity contribution >= 4 is 17.7 Å². The fourth-order valence-corrected chi connectivity index (χ4v) is 3.86. The predicted molar refractivity (Wildman–Crippen MR) is 102 cm³/mol. The summed E-state index contributed by atoms with van der Waals surface area (Å²) >= 11 is 1.28. The second-order valence-corrected chi connectivity index (χ2v) is 7.63. The third-order valence-electron chi connectivity index (χ3n) is 4.73. The minimum Gasteiger partial charge on any atom is -0.496 e. The van der Waals surface area contributed by atoms with Crippen molar-refractivity contribution in [3.63, 3.8) is 0 Å². The van der Waals surface area contributed by atoms with Gasteiger partial charge in [-0.15, -0.1) is 10.2 Å². The summed E-state index contributed by atoms with van der Waals surface area (Å²) < 4.78 is 6.75. The number of benzene rings is 1. The number of aromatic nitrogens is 3. The Morgan fingerprint density at radius 2 is 2.04 bits per heavy atom. The monoisotopic (exact) mass is 375 g/mol. The molecule has 1 aromatic heterocycles. The Balaban J connectivity index is 1.59. The number of nitrogens with zero attached hydrogens (tertiary/aromatic N) is 3. The van der Waals surface area contributed by atoms with Crippen molar-refractivity contribution in [3.8, 4) is 17.1 Å². The molecule has 0 unspecified atom stereocenters. The lowest BCUT2D eigenvalue weighted by Crippen LogP contribution is -2.38. The second kappa shape index (κ2) is 8.44. The average molecular weight is 375 g/mol. The Morgan fingerprint density at radius 3 is 2.77 bits per heavy atom. The minimum atomic E-state index is 0.0106. The molecule has 0 radical (unpaired) electrons. The average Bonchev–Trinajstić information content (AvgIpc) is 3.02. The fourth-order valence-electron chi connectivity index (χ4n) is 3.19. The van der Waals surface area contributed by atoms with E-state index in [1.54, 1.807) is 7.11 Å². The van der Waals surface area contributed by atoms with Crippen molar-refractivity contribution in [2.75, 3.05) is 18.7 Å². The normalized spacial score (nSPS) is 19.9. The number of nitrogens with one attached hydrogen (secondary N) is 1. The number of hydrogen-bond donors (Lipinski definition) is 2. The van der Waals surface area contributed by atoms with Crippen LogP contribution in [0, 0.1) is 5.92 Å². The van der Waals surface area contributed by atoms with Crippen LogP contribution in [0.1, 0.15) is 32.6 Å². The summed E-state index contributed by atoms with van der Waals surface area (Å²) in [4.78, 5) is 12.2. The first kappa shape index (κ1) is 18.6. The Morgan fingerprint density at radius 1 is 1.31 bits per heavy atom. The molecular weight excluding hydrogens is 350 g/mol. The molecule has 1 aliphatic rings. The molecular formula is C18H25N5O2S. The SMILES string of the molecule is COc1ccccc1-c1nnc(SCC(=O)NC2CCC(C)CC2)n1N. The van der Waals surface area contributed by atoms with Gasteiger partial charge in [-0.25, -0.2) is 4.68 Å². The maximum Gasteiger partial charge on any atom is 0.230 e. The first-order chi connectivity index (χ1) is 12.6. The van der Waals surface area contributed by atoms with Gasteiger partial charge in [-0.2, -0.15) is 0 Å². The number of thioether (sulfide) groups is 1. The second-order valence-electron chi connectivity index (χ2n) is 6.69. The third kappa shape index (κ3) is 4.30. The molecule has 8 heteroatoms. The number of carbonyl (C=O) groups is 1. The molecule has 1 amide bonds. The van der Waals surface area contributed by atoms with Crippen molar-refractivity contribution in [1.82, 2.24) is 20.2 Å². The number of carbonyl (C=O) groups excluding carboxylic acids is 1. The highest BCUT2D eigenvalue weighted by Gasteiger charge is 2.21. The Hall–Kier alpha value is -2.22. The van der Waals surface area contributed by atoms with Crippen LogP contribution in [0.2, 0.25) is 0 Å². The van der Waals surface area contributed by atoms with E-state index in [0.29, 0.717) is 22.8 Å². The van der Waals surface area contributed by atoms with Gasteiger partial charge in [0.15, 0.2) is 5.82 Å². The van der Waals surface area contributed by atoms with E-state index in [-0.39, 0.29) is 11.7 Å². The molecule has 0 spiro atoms. The molecule has 7 nitrogen and oxygen atoms in total. The maximum atomic E-state index is 12.2. The van der Waals surface area contributed by atoms with E-state index < -0.39 is 0 Å². The van der Waals surface area contributed by atoms with Crippen LogP contribution in [0.4, 0.5) is 0 Å². The molecule has 1 aromatic carbocycles. The van der Waals surface area contributed by atoms with Gasteiger partial charge in [0.2, 0.25) is 11.1 Å². The Kier molecular flexibility index (Phi) is 6.03. The molecule has 0 atom stereocenters. The van der Waals surface area contributed by atoms with Gasteiger partial charge in [0.25, 0.3) is 0 Å². The molecule has 1 saturated carbocycles. The van der Waals surface area contributed by atoms with E-state index >= 15 is 0 Å². The molecule has 1 aliphatic carbocycles.